The van der Waals surface area contributed by atoms with Crippen molar-refractivity contribution in [1.29, 1.82) is 5.26 Å². The van der Waals surface area contributed by atoms with E-state index in [1.807, 2.05) is 19.9 Å². The van der Waals surface area contributed by atoms with Gasteiger partial charge in [0, 0.05) is 5.02 Å². The second-order valence-electron chi connectivity index (χ2n) is 5.17. The van der Waals surface area contributed by atoms with E-state index in [2.05, 4.69) is 5.10 Å². The zero-order valence-electron chi connectivity index (χ0n) is 13.1. The van der Waals surface area contributed by atoms with Crippen LogP contribution in [-0.2, 0) is 19.4 Å². The Labute approximate surface area is 139 Å². The molecule has 2 rings (SSSR count). The van der Waals surface area contributed by atoms with Crippen molar-refractivity contribution in [2.45, 2.75) is 39.3 Å². The summed E-state index contributed by atoms with van der Waals surface area (Å²) in [6, 6.07) is 8.73. The van der Waals surface area contributed by atoms with Gasteiger partial charge in [0.05, 0.1) is 18.3 Å². The van der Waals surface area contributed by atoms with Gasteiger partial charge in [-0.15, -0.1) is 0 Å². The summed E-state index contributed by atoms with van der Waals surface area (Å²) in [6.07, 6.45) is 0.297. The Morgan fingerprint density at radius 1 is 1.30 bits per heavy atom. The summed E-state index contributed by atoms with van der Waals surface area (Å²) in [7, 11) is 0. The van der Waals surface area contributed by atoms with Crippen molar-refractivity contribution in [3.8, 4) is 6.07 Å². The highest BCUT2D eigenvalue weighted by Gasteiger charge is 2.17. The van der Waals surface area contributed by atoms with E-state index in [4.69, 9.17) is 11.6 Å². The third kappa shape index (κ3) is 3.61. The Morgan fingerprint density at radius 3 is 2.48 bits per heavy atom. The van der Waals surface area contributed by atoms with Crippen LogP contribution in [0.15, 0.2) is 29.1 Å². The molecule has 5 nitrogen and oxygen atoms in total. The largest absolute Gasteiger partial charge is 0.386 e. The molecule has 0 aliphatic heterocycles. The third-order valence-corrected chi connectivity index (χ3v) is 3.99. The molecule has 0 amide bonds. The average Bonchev–Trinajstić information content (AvgIpc) is 2.56. The van der Waals surface area contributed by atoms with Gasteiger partial charge in [-0.05, 0) is 36.1 Å². The average molecular weight is 332 g/mol. The van der Waals surface area contributed by atoms with Gasteiger partial charge in [-0.25, -0.2) is 4.68 Å². The van der Waals surface area contributed by atoms with Gasteiger partial charge in [0.2, 0.25) is 0 Å². The Kier molecular flexibility index (Phi) is 5.54. The molecule has 0 aliphatic rings. The van der Waals surface area contributed by atoms with Crippen LogP contribution in [0.5, 0.6) is 0 Å². The first-order valence-electron chi connectivity index (χ1n) is 7.48. The predicted octanol–water partition coefficient (Wildman–Crippen LogP) is 2.63. The summed E-state index contributed by atoms with van der Waals surface area (Å²) in [4.78, 5) is 12.4. The maximum Gasteiger partial charge on any atom is 0.285 e. The summed E-state index contributed by atoms with van der Waals surface area (Å²) >= 11 is 5.83. The second-order valence-corrected chi connectivity index (χ2v) is 5.61. The van der Waals surface area contributed by atoms with Crippen LogP contribution in [0.4, 0.5) is 0 Å². The van der Waals surface area contributed by atoms with E-state index >= 15 is 0 Å². The molecule has 1 aromatic carbocycles. The zero-order chi connectivity index (χ0) is 17.0. The molecule has 0 bridgehead atoms. The first kappa shape index (κ1) is 17.2. The minimum atomic E-state index is -0.902. The highest BCUT2D eigenvalue weighted by Crippen LogP contribution is 2.18. The van der Waals surface area contributed by atoms with Crippen molar-refractivity contribution in [2.75, 3.05) is 0 Å². The number of aliphatic hydroxyl groups excluding tert-OH is 1. The topological polar surface area (TPSA) is 78.9 Å². The molecule has 0 unspecified atom stereocenters. The fraction of sp³-hybridized carbons (Fsp3) is 0.353. The lowest BCUT2D eigenvalue weighted by Crippen LogP contribution is -2.30. The van der Waals surface area contributed by atoms with Crippen LogP contribution in [0, 0.1) is 11.3 Å². The molecule has 1 heterocycles. The van der Waals surface area contributed by atoms with Gasteiger partial charge in [0.1, 0.15) is 11.6 Å². The van der Waals surface area contributed by atoms with Crippen LogP contribution < -0.4 is 5.56 Å². The Hall–Kier alpha value is -2.16. The highest BCUT2D eigenvalue weighted by atomic mass is 35.5. The summed E-state index contributed by atoms with van der Waals surface area (Å²) in [5.41, 5.74) is 1.70. The quantitative estimate of drug-likeness (QED) is 0.913. The molecule has 0 saturated heterocycles. The van der Waals surface area contributed by atoms with Gasteiger partial charge >= 0.3 is 0 Å². The summed E-state index contributed by atoms with van der Waals surface area (Å²) in [5, 5.41) is 24.5. The van der Waals surface area contributed by atoms with Crippen molar-refractivity contribution in [1.82, 2.24) is 9.78 Å². The Balaban J connectivity index is 2.42. The summed E-state index contributed by atoms with van der Waals surface area (Å²) in [5.74, 6) is 0. The normalized spacial score (nSPS) is 12.0. The fourth-order valence-electron chi connectivity index (χ4n) is 2.51. The number of rotatable bonds is 5. The minimum absolute atomic E-state index is 0.00780. The van der Waals surface area contributed by atoms with Crippen molar-refractivity contribution in [3.63, 3.8) is 0 Å². The lowest BCUT2D eigenvalue weighted by atomic mass is 10.0. The number of benzene rings is 1. The number of hydrogen-bond acceptors (Lipinski definition) is 4. The molecule has 1 aromatic heterocycles. The van der Waals surface area contributed by atoms with Gasteiger partial charge in [0.15, 0.2) is 0 Å². The standard InChI is InChI=1S/C17H18ClN3O2/c1-3-13-14(9-19)17(23)21(20-15(13)4-2)10-16(22)11-5-7-12(18)8-6-11/h5-8,16,22H,3-4,10H2,1-2H3/t16-/m0/s1. The van der Waals surface area contributed by atoms with Gasteiger partial charge in [-0.2, -0.15) is 10.4 Å². The number of aliphatic hydroxyl groups is 1. The van der Waals surface area contributed by atoms with Crippen LogP contribution in [-0.4, -0.2) is 14.9 Å². The van der Waals surface area contributed by atoms with Crippen molar-refractivity contribution in [2.24, 2.45) is 0 Å². The van der Waals surface area contributed by atoms with E-state index in [9.17, 15) is 15.2 Å². The molecular weight excluding hydrogens is 314 g/mol. The first-order valence-corrected chi connectivity index (χ1v) is 7.86. The Morgan fingerprint density at radius 2 is 1.96 bits per heavy atom. The van der Waals surface area contributed by atoms with Crippen molar-refractivity contribution in [3.05, 3.63) is 62.0 Å². The predicted molar refractivity (Wildman–Crippen MR) is 88.4 cm³/mol. The molecule has 120 valence electrons. The van der Waals surface area contributed by atoms with Gasteiger partial charge in [0.25, 0.3) is 5.56 Å². The molecule has 6 heteroatoms. The SMILES string of the molecule is CCc1nn(C[C@H](O)c2ccc(Cl)cc2)c(=O)c(C#N)c1CC. The molecule has 23 heavy (non-hydrogen) atoms. The lowest BCUT2D eigenvalue weighted by molar-refractivity contribution is 0.149. The van der Waals surface area contributed by atoms with E-state index in [1.165, 1.54) is 4.68 Å². The van der Waals surface area contributed by atoms with E-state index < -0.39 is 11.7 Å². The summed E-state index contributed by atoms with van der Waals surface area (Å²) in [6.45, 7) is 3.81. The molecule has 0 fully saturated rings. The smallest absolute Gasteiger partial charge is 0.285 e. The second kappa shape index (κ2) is 7.40. The van der Waals surface area contributed by atoms with Gasteiger partial charge in [-0.1, -0.05) is 37.6 Å². The molecule has 1 N–H and O–H groups in total. The van der Waals surface area contributed by atoms with Crippen LogP contribution in [0.3, 0.4) is 0 Å². The van der Waals surface area contributed by atoms with E-state index in [0.29, 0.717) is 34.7 Å². The van der Waals surface area contributed by atoms with Crippen molar-refractivity contribution < 1.29 is 5.11 Å². The van der Waals surface area contributed by atoms with E-state index in [-0.39, 0.29) is 12.1 Å². The minimum Gasteiger partial charge on any atom is -0.386 e. The summed E-state index contributed by atoms with van der Waals surface area (Å²) < 4.78 is 1.18. The molecule has 1 atom stereocenters. The molecule has 0 aliphatic carbocycles. The molecular formula is C17H18ClN3O2. The zero-order valence-corrected chi connectivity index (χ0v) is 13.8. The maximum atomic E-state index is 12.4. The molecule has 0 spiro atoms. The first-order chi connectivity index (χ1) is 11.0. The molecule has 0 saturated carbocycles. The molecule has 2 aromatic rings. The van der Waals surface area contributed by atoms with Gasteiger partial charge < -0.3 is 5.11 Å². The fourth-order valence-corrected chi connectivity index (χ4v) is 2.64. The maximum absolute atomic E-state index is 12.4. The number of halogens is 1. The number of hydrogen-bond donors (Lipinski definition) is 1. The number of aromatic nitrogens is 2. The number of aryl methyl sites for hydroxylation is 1. The number of nitrogens with zero attached hydrogens (tertiary/aromatic N) is 3. The van der Waals surface area contributed by atoms with Crippen molar-refractivity contribution >= 4 is 11.6 Å². The van der Waals surface area contributed by atoms with Crippen LogP contribution in [0.2, 0.25) is 5.02 Å². The van der Waals surface area contributed by atoms with E-state index in [1.54, 1.807) is 24.3 Å². The molecule has 0 radical (unpaired) electrons. The third-order valence-electron chi connectivity index (χ3n) is 3.74. The van der Waals surface area contributed by atoms with Crippen LogP contribution in [0.25, 0.3) is 0 Å². The Bertz CT molecular complexity index is 791. The monoisotopic (exact) mass is 331 g/mol. The lowest BCUT2D eigenvalue weighted by Gasteiger charge is -2.15. The van der Waals surface area contributed by atoms with E-state index in [0.717, 1.165) is 0 Å². The van der Waals surface area contributed by atoms with Crippen LogP contribution in [0.1, 0.15) is 42.3 Å². The highest BCUT2D eigenvalue weighted by molar-refractivity contribution is 6.30. The van der Waals surface area contributed by atoms with Crippen LogP contribution >= 0.6 is 11.6 Å². The number of nitriles is 1. The van der Waals surface area contributed by atoms with Gasteiger partial charge in [-0.3, -0.25) is 4.79 Å².